The van der Waals surface area contributed by atoms with Gasteiger partial charge in [-0.25, -0.2) is 9.37 Å². The number of carboxylic acid groups (broad SMARTS) is 1. The molecule has 0 spiro atoms. The van der Waals surface area contributed by atoms with Crippen LogP contribution in [0.15, 0.2) is 42.6 Å². The van der Waals surface area contributed by atoms with E-state index in [-0.39, 0.29) is 12.3 Å². The van der Waals surface area contributed by atoms with E-state index in [9.17, 15) is 9.18 Å². The first kappa shape index (κ1) is 12.0. The summed E-state index contributed by atoms with van der Waals surface area (Å²) in [6.07, 6.45) is 1.37. The van der Waals surface area contributed by atoms with E-state index in [4.69, 9.17) is 9.84 Å². The molecule has 5 heteroatoms. The van der Waals surface area contributed by atoms with Gasteiger partial charge in [0.1, 0.15) is 5.75 Å². The van der Waals surface area contributed by atoms with Crippen molar-refractivity contribution in [3.63, 3.8) is 0 Å². The highest BCUT2D eigenvalue weighted by Crippen LogP contribution is 2.21. The van der Waals surface area contributed by atoms with Crippen LogP contribution in [-0.2, 0) is 11.2 Å². The van der Waals surface area contributed by atoms with Gasteiger partial charge in [0.05, 0.1) is 6.42 Å². The predicted molar refractivity (Wildman–Crippen MR) is 62.1 cm³/mol. The molecular formula is C13H10FNO3. The van der Waals surface area contributed by atoms with Crippen LogP contribution >= 0.6 is 0 Å². The van der Waals surface area contributed by atoms with Crippen LogP contribution in [0, 0.1) is 5.82 Å². The van der Waals surface area contributed by atoms with Gasteiger partial charge in [0.15, 0.2) is 5.82 Å². The minimum absolute atomic E-state index is 0.0573. The van der Waals surface area contributed by atoms with Crippen LogP contribution in [0.2, 0.25) is 0 Å². The number of hydrogen-bond donors (Lipinski definition) is 1. The summed E-state index contributed by atoms with van der Waals surface area (Å²) in [6, 6.07) is 9.10. The van der Waals surface area contributed by atoms with E-state index in [1.165, 1.54) is 18.3 Å². The predicted octanol–water partition coefficient (Wildman–Crippen LogP) is 2.64. The first-order valence-corrected chi connectivity index (χ1v) is 5.24. The zero-order chi connectivity index (χ0) is 13.0. The van der Waals surface area contributed by atoms with E-state index in [2.05, 4.69) is 4.98 Å². The molecule has 2 aromatic rings. The molecular weight excluding hydrogens is 237 g/mol. The molecule has 0 saturated heterocycles. The number of aromatic nitrogens is 1. The highest BCUT2D eigenvalue weighted by atomic mass is 19.1. The number of nitrogens with zero attached hydrogens (tertiary/aromatic N) is 1. The molecule has 0 aliphatic heterocycles. The largest absolute Gasteiger partial charge is 0.481 e. The maximum absolute atomic E-state index is 13.3. The number of carbonyl (C=O) groups is 1. The van der Waals surface area contributed by atoms with E-state index in [0.29, 0.717) is 11.3 Å². The lowest BCUT2D eigenvalue weighted by atomic mass is 10.1. The lowest BCUT2D eigenvalue weighted by Gasteiger charge is -2.05. The maximum Gasteiger partial charge on any atom is 0.307 e. The average molecular weight is 247 g/mol. The molecule has 0 amide bonds. The van der Waals surface area contributed by atoms with E-state index < -0.39 is 11.8 Å². The Morgan fingerprint density at radius 3 is 2.61 bits per heavy atom. The second kappa shape index (κ2) is 5.27. The SMILES string of the molecule is O=C(O)Cc1ccc(Oc2ncccc2F)cc1. The fourth-order valence-corrected chi connectivity index (χ4v) is 1.41. The molecule has 0 aliphatic rings. The summed E-state index contributed by atoms with van der Waals surface area (Å²) in [5, 5.41) is 8.62. The number of pyridine rings is 1. The molecule has 1 aromatic heterocycles. The minimum atomic E-state index is -0.903. The van der Waals surface area contributed by atoms with Gasteiger partial charge in [-0.3, -0.25) is 4.79 Å². The Balaban J connectivity index is 2.11. The Bertz CT molecular complexity index is 554. The second-order valence-corrected chi connectivity index (χ2v) is 3.61. The van der Waals surface area contributed by atoms with Crippen molar-refractivity contribution in [2.75, 3.05) is 0 Å². The standard InChI is InChI=1S/C13H10FNO3/c14-11-2-1-7-15-13(11)18-10-5-3-9(4-6-10)8-12(16)17/h1-7H,8H2,(H,16,17). The Morgan fingerprint density at radius 2 is 2.00 bits per heavy atom. The molecule has 92 valence electrons. The first-order chi connectivity index (χ1) is 8.65. The van der Waals surface area contributed by atoms with Gasteiger partial charge >= 0.3 is 5.97 Å². The molecule has 0 bridgehead atoms. The van der Waals surface area contributed by atoms with Crippen molar-refractivity contribution in [2.24, 2.45) is 0 Å². The fourth-order valence-electron chi connectivity index (χ4n) is 1.41. The molecule has 0 aliphatic carbocycles. The zero-order valence-corrected chi connectivity index (χ0v) is 9.34. The summed E-state index contributed by atoms with van der Waals surface area (Å²) in [6.45, 7) is 0. The van der Waals surface area contributed by atoms with E-state index in [1.54, 1.807) is 24.3 Å². The third-order valence-electron chi connectivity index (χ3n) is 2.22. The van der Waals surface area contributed by atoms with E-state index in [1.807, 2.05) is 0 Å². The Labute approximate surface area is 103 Å². The van der Waals surface area contributed by atoms with Crippen LogP contribution in [0.5, 0.6) is 11.6 Å². The van der Waals surface area contributed by atoms with Crippen molar-refractivity contribution in [1.82, 2.24) is 4.98 Å². The number of rotatable bonds is 4. The monoisotopic (exact) mass is 247 g/mol. The minimum Gasteiger partial charge on any atom is -0.481 e. The van der Waals surface area contributed by atoms with Crippen LogP contribution in [0.3, 0.4) is 0 Å². The highest BCUT2D eigenvalue weighted by Gasteiger charge is 2.05. The van der Waals surface area contributed by atoms with Gasteiger partial charge in [-0.05, 0) is 29.8 Å². The van der Waals surface area contributed by atoms with Gasteiger partial charge in [0.25, 0.3) is 5.88 Å². The molecule has 0 unspecified atom stereocenters. The molecule has 1 heterocycles. The molecule has 18 heavy (non-hydrogen) atoms. The number of halogens is 1. The van der Waals surface area contributed by atoms with Gasteiger partial charge in [-0.15, -0.1) is 0 Å². The maximum atomic E-state index is 13.3. The summed E-state index contributed by atoms with van der Waals surface area (Å²) in [4.78, 5) is 14.3. The van der Waals surface area contributed by atoms with Crippen LogP contribution in [0.1, 0.15) is 5.56 Å². The summed E-state index contributed by atoms with van der Waals surface area (Å²) >= 11 is 0. The van der Waals surface area contributed by atoms with Gasteiger partial charge in [0, 0.05) is 6.20 Å². The zero-order valence-electron chi connectivity index (χ0n) is 9.34. The topological polar surface area (TPSA) is 59.4 Å². The third-order valence-corrected chi connectivity index (χ3v) is 2.22. The van der Waals surface area contributed by atoms with Crippen molar-refractivity contribution in [2.45, 2.75) is 6.42 Å². The van der Waals surface area contributed by atoms with Crippen LogP contribution in [-0.4, -0.2) is 16.1 Å². The smallest absolute Gasteiger partial charge is 0.307 e. The van der Waals surface area contributed by atoms with E-state index in [0.717, 1.165) is 0 Å². The molecule has 2 rings (SSSR count). The summed E-state index contributed by atoms with van der Waals surface area (Å²) in [5.41, 5.74) is 0.649. The molecule has 1 N–H and O–H groups in total. The second-order valence-electron chi connectivity index (χ2n) is 3.61. The molecule has 1 aromatic carbocycles. The lowest BCUT2D eigenvalue weighted by molar-refractivity contribution is -0.136. The fraction of sp³-hybridized carbons (Fsp3) is 0.0769. The van der Waals surface area contributed by atoms with Crippen LogP contribution < -0.4 is 4.74 Å². The summed E-state index contributed by atoms with van der Waals surface area (Å²) < 4.78 is 18.5. The van der Waals surface area contributed by atoms with Crippen molar-refractivity contribution >= 4 is 5.97 Å². The quantitative estimate of drug-likeness (QED) is 0.902. The number of aliphatic carboxylic acids is 1. The number of benzene rings is 1. The third kappa shape index (κ3) is 3.04. The molecule has 0 saturated carbocycles. The Morgan fingerprint density at radius 1 is 1.28 bits per heavy atom. The molecule has 0 fully saturated rings. The lowest BCUT2D eigenvalue weighted by Crippen LogP contribution is -1.99. The van der Waals surface area contributed by atoms with E-state index >= 15 is 0 Å². The molecule has 0 radical (unpaired) electrons. The van der Waals surface area contributed by atoms with Crippen molar-refractivity contribution in [3.05, 3.63) is 54.0 Å². The first-order valence-electron chi connectivity index (χ1n) is 5.24. The van der Waals surface area contributed by atoms with Crippen molar-refractivity contribution < 1.29 is 19.0 Å². The number of carboxylic acids is 1. The number of ether oxygens (including phenoxy) is 1. The van der Waals surface area contributed by atoms with Gasteiger partial charge in [-0.2, -0.15) is 0 Å². The highest BCUT2D eigenvalue weighted by molar-refractivity contribution is 5.70. The summed E-state index contributed by atoms with van der Waals surface area (Å²) in [7, 11) is 0. The number of hydrogen-bond acceptors (Lipinski definition) is 3. The van der Waals surface area contributed by atoms with Gasteiger partial charge in [-0.1, -0.05) is 12.1 Å². The van der Waals surface area contributed by atoms with Gasteiger partial charge < -0.3 is 9.84 Å². The normalized spacial score (nSPS) is 10.1. The Kier molecular flexibility index (Phi) is 3.52. The summed E-state index contributed by atoms with van der Waals surface area (Å²) in [5.74, 6) is -1.16. The molecule has 0 atom stereocenters. The Hall–Kier alpha value is -2.43. The molecule has 4 nitrogen and oxygen atoms in total. The van der Waals surface area contributed by atoms with Crippen LogP contribution in [0.4, 0.5) is 4.39 Å². The van der Waals surface area contributed by atoms with Gasteiger partial charge in [0.2, 0.25) is 0 Å². The van der Waals surface area contributed by atoms with Crippen LogP contribution in [0.25, 0.3) is 0 Å². The van der Waals surface area contributed by atoms with Crippen molar-refractivity contribution in [1.29, 1.82) is 0 Å². The van der Waals surface area contributed by atoms with Crippen molar-refractivity contribution in [3.8, 4) is 11.6 Å². The average Bonchev–Trinajstić information content (AvgIpc) is 2.34.